The zero-order valence-corrected chi connectivity index (χ0v) is 23.2. The first-order valence-electron chi connectivity index (χ1n) is 11.2. The summed E-state index contributed by atoms with van der Waals surface area (Å²) in [6, 6.07) is 0. The first-order chi connectivity index (χ1) is 14.4. The number of halogens is 1. The number of amides is 2. The number of likely N-dealkylation sites (tertiary alicyclic amines) is 1. The Hall–Kier alpha value is -1.30. The van der Waals surface area contributed by atoms with Crippen molar-refractivity contribution < 1.29 is 19.1 Å². The van der Waals surface area contributed by atoms with Crippen LogP contribution in [0.4, 0.5) is 4.79 Å². The third-order valence-electron chi connectivity index (χ3n) is 4.67. The molecule has 0 atom stereocenters. The second kappa shape index (κ2) is 14.8. The number of carbonyl (C=O) groups is 2. The largest absolute Gasteiger partial charge is 0.444 e. The van der Waals surface area contributed by atoms with Crippen LogP contribution in [0.15, 0.2) is 4.99 Å². The molecule has 1 heterocycles. The third kappa shape index (κ3) is 13.3. The Bertz CT molecular complexity index is 594. The molecule has 0 aromatic carbocycles. The molecule has 1 saturated heterocycles. The average molecular weight is 570 g/mol. The van der Waals surface area contributed by atoms with E-state index in [1.54, 1.807) is 7.05 Å². The molecule has 10 heteroatoms. The van der Waals surface area contributed by atoms with Gasteiger partial charge in [-0.15, -0.1) is 24.0 Å². The van der Waals surface area contributed by atoms with Crippen molar-refractivity contribution in [3.05, 3.63) is 0 Å². The zero-order valence-electron chi connectivity index (χ0n) is 20.9. The topological polar surface area (TPSA) is 104 Å². The molecule has 1 rings (SSSR count). The third-order valence-corrected chi connectivity index (χ3v) is 4.67. The highest BCUT2D eigenvalue weighted by Gasteiger charge is 2.23. The summed E-state index contributed by atoms with van der Waals surface area (Å²) in [5.41, 5.74) is -0.861. The van der Waals surface area contributed by atoms with Gasteiger partial charge >= 0.3 is 6.09 Å². The van der Waals surface area contributed by atoms with Crippen molar-refractivity contribution in [2.24, 2.45) is 10.4 Å². The molecule has 9 nitrogen and oxygen atoms in total. The number of ether oxygens (including phenoxy) is 2. The molecular weight excluding hydrogens is 525 g/mol. The van der Waals surface area contributed by atoms with Gasteiger partial charge in [0.25, 0.3) is 0 Å². The lowest BCUT2D eigenvalue weighted by atomic mass is 9.96. The lowest BCUT2D eigenvalue weighted by Gasteiger charge is -2.34. The predicted octanol–water partition coefficient (Wildman–Crippen LogP) is 2.74. The van der Waals surface area contributed by atoms with Crippen molar-refractivity contribution in [3.63, 3.8) is 0 Å². The molecule has 0 unspecified atom stereocenters. The lowest BCUT2D eigenvalue weighted by molar-refractivity contribution is -0.128. The Morgan fingerprint density at radius 3 is 2.09 bits per heavy atom. The molecule has 188 valence electrons. The summed E-state index contributed by atoms with van der Waals surface area (Å²) in [4.78, 5) is 30.1. The van der Waals surface area contributed by atoms with E-state index < -0.39 is 11.7 Å². The van der Waals surface area contributed by atoms with Gasteiger partial charge in [-0.05, 0) is 40.0 Å². The van der Waals surface area contributed by atoms with E-state index in [1.165, 1.54) is 0 Å². The second-order valence-corrected chi connectivity index (χ2v) is 9.82. The van der Waals surface area contributed by atoms with Gasteiger partial charge in [-0.3, -0.25) is 9.79 Å². The lowest BCUT2D eigenvalue weighted by Crippen LogP contribution is -2.49. The average Bonchev–Trinajstić information content (AvgIpc) is 2.66. The summed E-state index contributed by atoms with van der Waals surface area (Å²) >= 11 is 0. The fourth-order valence-electron chi connectivity index (χ4n) is 3.01. The van der Waals surface area contributed by atoms with Crippen molar-refractivity contribution >= 4 is 41.9 Å². The monoisotopic (exact) mass is 569 g/mol. The normalized spacial score (nSPS) is 15.6. The maximum absolute atomic E-state index is 11.9. The van der Waals surface area contributed by atoms with E-state index in [1.807, 2.05) is 41.5 Å². The molecule has 32 heavy (non-hydrogen) atoms. The van der Waals surface area contributed by atoms with E-state index in [4.69, 9.17) is 9.47 Å². The van der Waals surface area contributed by atoms with E-state index >= 15 is 0 Å². The number of alkyl carbamates (subject to hydrolysis) is 1. The molecule has 2 amide bonds. The number of piperidine rings is 1. The molecule has 0 spiro atoms. The predicted molar refractivity (Wildman–Crippen MR) is 139 cm³/mol. The molecule has 0 radical (unpaired) electrons. The Labute approximate surface area is 210 Å². The summed E-state index contributed by atoms with van der Waals surface area (Å²) in [5.74, 6) is 0.897. The van der Waals surface area contributed by atoms with Crippen molar-refractivity contribution in [3.8, 4) is 0 Å². The van der Waals surface area contributed by atoms with Crippen LogP contribution in [0.25, 0.3) is 0 Å². The molecule has 0 aromatic heterocycles. The van der Waals surface area contributed by atoms with Gasteiger partial charge < -0.3 is 30.3 Å². The minimum Gasteiger partial charge on any atom is -0.444 e. The van der Waals surface area contributed by atoms with Crippen molar-refractivity contribution in [1.82, 2.24) is 20.9 Å². The van der Waals surface area contributed by atoms with Gasteiger partial charge in [-0.1, -0.05) is 20.8 Å². The van der Waals surface area contributed by atoms with Crippen molar-refractivity contribution in [2.45, 2.75) is 72.5 Å². The van der Waals surface area contributed by atoms with Crippen molar-refractivity contribution in [1.29, 1.82) is 0 Å². The summed E-state index contributed by atoms with van der Waals surface area (Å²) in [5, 5.41) is 9.00. The van der Waals surface area contributed by atoms with Gasteiger partial charge in [0.15, 0.2) is 5.96 Å². The maximum Gasteiger partial charge on any atom is 0.407 e. The van der Waals surface area contributed by atoms with Crippen LogP contribution in [0.3, 0.4) is 0 Å². The summed E-state index contributed by atoms with van der Waals surface area (Å²) < 4.78 is 11.2. The molecule has 0 bridgehead atoms. The van der Waals surface area contributed by atoms with Gasteiger partial charge in [-0.2, -0.15) is 0 Å². The van der Waals surface area contributed by atoms with E-state index in [2.05, 4.69) is 25.8 Å². The number of rotatable bonds is 8. The Morgan fingerprint density at radius 2 is 1.56 bits per heavy atom. The SMILES string of the molecule is CN=C(NCCNC(=O)C(C)(C)C)N1CCC(OCCCNC(=O)OC(C)(C)C)CC1.I. The van der Waals surface area contributed by atoms with Crippen LogP contribution in [0.5, 0.6) is 0 Å². The summed E-state index contributed by atoms with van der Waals surface area (Å²) in [6.45, 7) is 15.3. The maximum atomic E-state index is 11.9. The van der Waals surface area contributed by atoms with Gasteiger partial charge in [0.1, 0.15) is 5.60 Å². The van der Waals surface area contributed by atoms with Crippen LogP contribution >= 0.6 is 24.0 Å². The molecule has 0 saturated carbocycles. The van der Waals surface area contributed by atoms with Crippen LogP contribution in [-0.4, -0.2) is 80.9 Å². The van der Waals surface area contributed by atoms with E-state index in [0.29, 0.717) is 26.2 Å². The van der Waals surface area contributed by atoms with Gasteiger partial charge in [0.2, 0.25) is 5.91 Å². The van der Waals surface area contributed by atoms with E-state index in [-0.39, 0.29) is 41.4 Å². The highest BCUT2D eigenvalue weighted by atomic mass is 127. The first-order valence-corrected chi connectivity index (χ1v) is 11.2. The van der Waals surface area contributed by atoms with Gasteiger partial charge in [0.05, 0.1) is 6.10 Å². The second-order valence-electron chi connectivity index (χ2n) is 9.82. The van der Waals surface area contributed by atoms with E-state index in [9.17, 15) is 9.59 Å². The van der Waals surface area contributed by atoms with Crippen LogP contribution in [0, 0.1) is 5.41 Å². The summed E-state index contributed by atoms with van der Waals surface area (Å²) in [7, 11) is 1.77. The molecule has 1 aliphatic heterocycles. The van der Waals surface area contributed by atoms with Crippen molar-refractivity contribution in [2.75, 3.05) is 46.4 Å². The van der Waals surface area contributed by atoms with Gasteiger partial charge in [-0.25, -0.2) is 4.79 Å². The molecule has 1 aliphatic rings. The number of hydrogen-bond donors (Lipinski definition) is 3. The van der Waals surface area contributed by atoms with Crippen LogP contribution in [0.1, 0.15) is 60.8 Å². The Morgan fingerprint density at radius 1 is 0.969 bits per heavy atom. The van der Waals surface area contributed by atoms with E-state index in [0.717, 1.165) is 38.3 Å². The number of nitrogens with zero attached hydrogens (tertiary/aromatic N) is 2. The zero-order chi connectivity index (χ0) is 23.5. The van der Waals surface area contributed by atoms with Crippen LogP contribution < -0.4 is 16.0 Å². The molecule has 1 fully saturated rings. The fraction of sp³-hybridized carbons (Fsp3) is 0.864. The number of carbonyl (C=O) groups excluding carboxylic acids is 2. The Balaban J connectivity index is 0.00000961. The Kier molecular flexibility index (Phi) is 14.2. The molecule has 0 aliphatic carbocycles. The minimum atomic E-state index is -0.482. The summed E-state index contributed by atoms with van der Waals surface area (Å²) in [6.07, 6.45) is 2.45. The smallest absolute Gasteiger partial charge is 0.407 e. The van der Waals surface area contributed by atoms with Crippen LogP contribution in [-0.2, 0) is 14.3 Å². The minimum absolute atomic E-state index is 0. The number of nitrogens with one attached hydrogen (secondary N) is 3. The molecular formula is C22H44IN5O4. The molecule has 3 N–H and O–H groups in total. The highest BCUT2D eigenvalue weighted by Crippen LogP contribution is 2.14. The quantitative estimate of drug-likeness (QED) is 0.180. The van der Waals surface area contributed by atoms with Crippen LogP contribution in [0.2, 0.25) is 0 Å². The number of hydrogen-bond acceptors (Lipinski definition) is 5. The highest BCUT2D eigenvalue weighted by molar-refractivity contribution is 14.0. The number of guanidine groups is 1. The standard InChI is InChI=1S/C22H43N5O4.HI/c1-21(2,3)18(28)24-12-13-25-19(23-7)27-14-9-17(10-15-27)30-16-8-11-26-20(29)31-22(4,5)6;/h17H,8-16H2,1-7H3,(H,23,25)(H,24,28)(H,26,29);1H. The van der Waals surface area contributed by atoms with Gasteiger partial charge in [0, 0.05) is 51.8 Å². The number of aliphatic imine (C=N–C) groups is 1. The first kappa shape index (κ1) is 30.7. The fourth-order valence-corrected chi connectivity index (χ4v) is 3.01. The molecule has 0 aromatic rings.